The minimum atomic E-state index is 0. The molecular weight excluding hydrogens is 288 g/mol. The highest BCUT2D eigenvalue weighted by molar-refractivity contribution is 5.93. The van der Waals surface area contributed by atoms with Gasteiger partial charge in [-0.2, -0.15) is 5.10 Å². The molecular formula is C15H19ClN4O. The number of rotatable bonds is 4. The smallest absolute Gasteiger partial charge is 0.227 e. The number of benzene rings is 1. The van der Waals surface area contributed by atoms with Crippen molar-refractivity contribution in [1.82, 2.24) is 15.5 Å². The van der Waals surface area contributed by atoms with Gasteiger partial charge in [0.1, 0.15) is 0 Å². The molecule has 0 bridgehead atoms. The molecule has 1 aliphatic heterocycles. The van der Waals surface area contributed by atoms with E-state index in [1.807, 2.05) is 37.3 Å². The first-order valence-electron chi connectivity index (χ1n) is 6.85. The summed E-state index contributed by atoms with van der Waals surface area (Å²) < 4.78 is 0. The first-order chi connectivity index (χ1) is 9.74. The fourth-order valence-electron chi connectivity index (χ4n) is 2.32. The molecule has 1 atom stereocenters. The van der Waals surface area contributed by atoms with Crippen molar-refractivity contribution in [3.63, 3.8) is 0 Å². The van der Waals surface area contributed by atoms with Gasteiger partial charge in [0.15, 0.2) is 0 Å². The fraction of sp³-hybridized carbons (Fsp3) is 0.333. The normalized spacial score (nSPS) is 15.7. The molecule has 6 heteroatoms. The molecule has 1 aliphatic rings. The Morgan fingerprint density at radius 1 is 1.38 bits per heavy atom. The highest BCUT2D eigenvalue weighted by Gasteiger charge is 2.28. The van der Waals surface area contributed by atoms with Crippen LogP contribution in [0.1, 0.15) is 6.92 Å². The number of anilines is 1. The third-order valence-corrected chi connectivity index (χ3v) is 3.88. The van der Waals surface area contributed by atoms with Crippen molar-refractivity contribution >= 4 is 24.0 Å². The minimum absolute atomic E-state index is 0. The predicted molar refractivity (Wildman–Crippen MR) is 85.4 cm³/mol. The van der Waals surface area contributed by atoms with Crippen LogP contribution in [0.5, 0.6) is 0 Å². The Morgan fingerprint density at radius 2 is 2.19 bits per heavy atom. The van der Waals surface area contributed by atoms with Crippen molar-refractivity contribution in [2.45, 2.75) is 6.92 Å². The summed E-state index contributed by atoms with van der Waals surface area (Å²) in [6.07, 6.45) is 1.71. The summed E-state index contributed by atoms with van der Waals surface area (Å²) in [7, 11) is 0. The second kappa shape index (κ2) is 6.74. The highest BCUT2D eigenvalue weighted by atomic mass is 35.5. The molecule has 1 saturated heterocycles. The van der Waals surface area contributed by atoms with Gasteiger partial charge >= 0.3 is 0 Å². The number of nitrogens with one attached hydrogen (secondary N) is 3. The first kappa shape index (κ1) is 15.5. The second-order valence-corrected chi connectivity index (χ2v) is 5.25. The fourth-order valence-corrected chi connectivity index (χ4v) is 2.32. The molecule has 2 aromatic rings. The van der Waals surface area contributed by atoms with Crippen LogP contribution in [-0.4, -0.2) is 29.2 Å². The minimum Gasteiger partial charge on any atom is -0.326 e. The van der Waals surface area contributed by atoms with Gasteiger partial charge in [0, 0.05) is 23.4 Å². The number of halogens is 1. The highest BCUT2D eigenvalue weighted by Crippen LogP contribution is 2.22. The number of aromatic nitrogens is 2. The lowest BCUT2D eigenvalue weighted by Crippen LogP contribution is -2.48. The van der Waals surface area contributed by atoms with Crippen LogP contribution in [0.4, 0.5) is 5.69 Å². The SMILES string of the molecule is CC(C(=O)Nc1cccc(-c2ccn[nH]2)c1)C1CNC1.Cl. The number of carbonyl (C=O) groups is 1. The number of nitrogens with zero attached hydrogens (tertiary/aromatic N) is 1. The van der Waals surface area contributed by atoms with Gasteiger partial charge in [-0.25, -0.2) is 0 Å². The van der Waals surface area contributed by atoms with E-state index in [4.69, 9.17) is 0 Å². The summed E-state index contributed by atoms with van der Waals surface area (Å²) in [6, 6.07) is 9.69. The predicted octanol–water partition coefficient (Wildman–Crippen LogP) is 2.29. The van der Waals surface area contributed by atoms with Gasteiger partial charge in [0.2, 0.25) is 5.91 Å². The quantitative estimate of drug-likeness (QED) is 0.812. The summed E-state index contributed by atoms with van der Waals surface area (Å²) >= 11 is 0. The molecule has 5 nitrogen and oxygen atoms in total. The molecule has 3 rings (SSSR count). The number of hydrogen-bond donors (Lipinski definition) is 3. The Hall–Kier alpha value is -1.85. The Kier molecular flexibility index (Phi) is 4.98. The van der Waals surface area contributed by atoms with Gasteiger partial charge in [0.25, 0.3) is 0 Å². The van der Waals surface area contributed by atoms with Crippen molar-refractivity contribution in [3.8, 4) is 11.3 Å². The maximum absolute atomic E-state index is 12.2. The lowest BCUT2D eigenvalue weighted by molar-refractivity contribution is -0.121. The van der Waals surface area contributed by atoms with Crippen LogP contribution >= 0.6 is 12.4 Å². The van der Waals surface area contributed by atoms with Crippen molar-refractivity contribution in [3.05, 3.63) is 36.5 Å². The zero-order valence-corrected chi connectivity index (χ0v) is 12.6. The molecule has 1 unspecified atom stereocenters. The van der Waals surface area contributed by atoms with E-state index >= 15 is 0 Å². The third kappa shape index (κ3) is 3.43. The van der Waals surface area contributed by atoms with E-state index in [2.05, 4.69) is 20.8 Å². The molecule has 1 aromatic carbocycles. The number of carbonyl (C=O) groups excluding carboxylic acids is 1. The van der Waals surface area contributed by atoms with Crippen LogP contribution < -0.4 is 10.6 Å². The standard InChI is InChI=1S/C15H18N4O.ClH/c1-10(12-8-16-9-12)15(20)18-13-4-2-3-11(7-13)14-5-6-17-19-14;/h2-7,10,12,16H,8-9H2,1H3,(H,17,19)(H,18,20);1H. The maximum atomic E-state index is 12.2. The molecule has 2 heterocycles. The van der Waals surface area contributed by atoms with Gasteiger partial charge < -0.3 is 10.6 Å². The van der Waals surface area contributed by atoms with Crippen molar-refractivity contribution < 1.29 is 4.79 Å². The molecule has 1 amide bonds. The van der Waals surface area contributed by atoms with Crippen LogP contribution in [0.25, 0.3) is 11.3 Å². The van der Waals surface area contributed by atoms with E-state index in [9.17, 15) is 4.79 Å². The van der Waals surface area contributed by atoms with Gasteiger partial charge in [-0.3, -0.25) is 9.89 Å². The Bertz CT molecular complexity index is 595. The molecule has 112 valence electrons. The van der Waals surface area contributed by atoms with Gasteiger partial charge in [0.05, 0.1) is 5.69 Å². The molecule has 0 spiro atoms. The molecule has 3 N–H and O–H groups in total. The average Bonchev–Trinajstić information content (AvgIpc) is 2.90. The van der Waals surface area contributed by atoms with Crippen LogP contribution in [0.3, 0.4) is 0 Å². The maximum Gasteiger partial charge on any atom is 0.227 e. The zero-order chi connectivity index (χ0) is 13.9. The summed E-state index contributed by atoms with van der Waals surface area (Å²) in [4.78, 5) is 12.2. The van der Waals surface area contributed by atoms with Gasteiger partial charge in [-0.1, -0.05) is 19.1 Å². The van der Waals surface area contributed by atoms with E-state index in [0.29, 0.717) is 5.92 Å². The van der Waals surface area contributed by atoms with E-state index < -0.39 is 0 Å². The average molecular weight is 307 g/mol. The monoisotopic (exact) mass is 306 g/mol. The molecule has 0 saturated carbocycles. The van der Waals surface area contributed by atoms with E-state index in [1.165, 1.54) is 0 Å². The van der Waals surface area contributed by atoms with Gasteiger partial charge in [-0.15, -0.1) is 12.4 Å². The van der Waals surface area contributed by atoms with E-state index in [1.54, 1.807) is 6.20 Å². The van der Waals surface area contributed by atoms with Crippen LogP contribution in [-0.2, 0) is 4.79 Å². The molecule has 0 radical (unpaired) electrons. The molecule has 0 aliphatic carbocycles. The first-order valence-corrected chi connectivity index (χ1v) is 6.85. The van der Waals surface area contributed by atoms with E-state index in [-0.39, 0.29) is 24.2 Å². The Morgan fingerprint density at radius 3 is 2.81 bits per heavy atom. The molecule has 21 heavy (non-hydrogen) atoms. The lowest BCUT2D eigenvalue weighted by Gasteiger charge is -2.31. The topological polar surface area (TPSA) is 69.8 Å². The number of aromatic amines is 1. The van der Waals surface area contributed by atoms with Crippen molar-refractivity contribution in [1.29, 1.82) is 0 Å². The Balaban J connectivity index is 0.00000161. The van der Waals surface area contributed by atoms with Crippen LogP contribution in [0, 0.1) is 11.8 Å². The van der Waals surface area contributed by atoms with Crippen molar-refractivity contribution in [2.24, 2.45) is 11.8 Å². The summed E-state index contributed by atoms with van der Waals surface area (Å²) in [5.41, 5.74) is 2.77. The zero-order valence-electron chi connectivity index (χ0n) is 11.8. The second-order valence-electron chi connectivity index (χ2n) is 5.25. The molecule has 1 fully saturated rings. The van der Waals surface area contributed by atoms with Crippen LogP contribution in [0.15, 0.2) is 36.5 Å². The third-order valence-electron chi connectivity index (χ3n) is 3.88. The van der Waals surface area contributed by atoms with Gasteiger partial charge in [-0.05, 0) is 37.2 Å². The molecule has 1 aromatic heterocycles. The summed E-state index contributed by atoms with van der Waals surface area (Å²) in [5.74, 6) is 0.566. The summed E-state index contributed by atoms with van der Waals surface area (Å²) in [5, 5.41) is 13.1. The van der Waals surface area contributed by atoms with Crippen molar-refractivity contribution in [2.75, 3.05) is 18.4 Å². The van der Waals surface area contributed by atoms with E-state index in [0.717, 1.165) is 30.0 Å². The Labute approximate surface area is 129 Å². The lowest BCUT2D eigenvalue weighted by atomic mass is 9.88. The largest absolute Gasteiger partial charge is 0.326 e. The van der Waals surface area contributed by atoms with Crippen LogP contribution in [0.2, 0.25) is 0 Å². The number of H-pyrrole nitrogens is 1. The number of hydrogen-bond acceptors (Lipinski definition) is 3. The summed E-state index contributed by atoms with van der Waals surface area (Å²) in [6.45, 7) is 3.85. The number of amides is 1.